The molecule has 0 fully saturated rings. The van der Waals surface area contributed by atoms with Crippen molar-refractivity contribution < 1.29 is 41.1 Å². The SMILES string of the molecule is O=C(O)C(F)(F)F.[2H]C([2H])([2H])n1nccc1-c1cn2c(-c3cc(C(C)(O)C(F)F)ccc3C)cnc2c(N)n1. The number of nitrogens with zero attached hydrogens (tertiary/aromatic N) is 5. The van der Waals surface area contributed by atoms with E-state index in [0.29, 0.717) is 16.9 Å². The summed E-state index contributed by atoms with van der Waals surface area (Å²) in [6, 6.07) is 6.07. The van der Waals surface area contributed by atoms with Crippen LogP contribution in [0.15, 0.2) is 42.9 Å². The number of hydrogen-bond donors (Lipinski definition) is 3. The number of nitrogens with two attached hydrogens (primary N) is 1. The number of aliphatic carboxylic acids is 1. The number of hydrogen-bond acceptors (Lipinski definition) is 6. The summed E-state index contributed by atoms with van der Waals surface area (Å²) in [5, 5.41) is 21.2. The molecule has 36 heavy (non-hydrogen) atoms. The van der Waals surface area contributed by atoms with E-state index in [9.17, 15) is 27.1 Å². The lowest BCUT2D eigenvalue weighted by atomic mass is 9.92. The maximum atomic E-state index is 13.4. The van der Waals surface area contributed by atoms with Gasteiger partial charge in [0.2, 0.25) is 0 Å². The fourth-order valence-electron chi connectivity index (χ4n) is 3.17. The maximum absolute atomic E-state index is 13.4. The number of fused-ring (bicyclic) bond motifs is 1. The number of rotatable bonds is 4. The third kappa shape index (κ3) is 5.12. The Hall–Kier alpha value is -4.07. The van der Waals surface area contributed by atoms with Crippen molar-refractivity contribution in [1.82, 2.24) is 24.1 Å². The Morgan fingerprint density at radius 2 is 1.89 bits per heavy atom. The van der Waals surface area contributed by atoms with Gasteiger partial charge in [0.1, 0.15) is 11.3 Å². The normalized spacial score (nSPS) is 15.0. The largest absolute Gasteiger partial charge is 0.490 e. The van der Waals surface area contributed by atoms with Crippen molar-refractivity contribution in [3.8, 4) is 22.6 Å². The molecule has 0 aliphatic rings. The average Bonchev–Trinajstić information content (AvgIpc) is 3.46. The lowest BCUT2D eigenvalue weighted by Gasteiger charge is -2.23. The molecule has 0 bridgehead atoms. The van der Waals surface area contributed by atoms with E-state index in [4.69, 9.17) is 19.7 Å². The Kier molecular flexibility index (Phi) is 5.93. The van der Waals surface area contributed by atoms with Gasteiger partial charge in [-0.05, 0) is 37.1 Å². The first-order valence-electron chi connectivity index (χ1n) is 11.5. The van der Waals surface area contributed by atoms with Crippen LogP contribution >= 0.6 is 0 Å². The van der Waals surface area contributed by atoms with Crippen molar-refractivity contribution in [3.05, 3.63) is 54.0 Å². The Morgan fingerprint density at radius 3 is 2.47 bits per heavy atom. The highest BCUT2D eigenvalue weighted by molar-refractivity contribution is 5.74. The number of halogens is 5. The fraction of sp³-hybridized carbons (Fsp3) is 0.273. The van der Waals surface area contributed by atoms with E-state index < -0.39 is 31.1 Å². The van der Waals surface area contributed by atoms with Crippen LogP contribution in [0.5, 0.6) is 0 Å². The molecule has 9 nitrogen and oxygen atoms in total. The fourth-order valence-corrected chi connectivity index (χ4v) is 3.17. The van der Waals surface area contributed by atoms with Crippen LogP contribution in [-0.4, -0.2) is 52.9 Å². The molecular formula is C22H21F5N6O3. The zero-order valence-corrected chi connectivity index (χ0v) is 18.6. The molecule has 192 valence electrons. The third-order valence-electron chi connectivity index (χ3n) is 5.19. The number of imidazole rings is 1. The van der Waals surface area contributed by atoms with Crippen LogP contribution in [0, 0.1) is 6.92 Å². The number of aryl methyl sites for hydroxylation is 2. The van der Waals surface area contributed by atoms with E-state index in [2.05, 4.69) is 15.1 Å². The second-order valence-corrected chi connectivity index (χ2v) is 7.76. The molecule has 0 aliphatic carbocycles. The monoisotopic (exact) mass is 515 g/mol. The topological polar surface area (TPSA) is 132 Å². The molecule has 1 atom stereocenters. The van der Waals surface area contributed by atoms with Gasteiger partial charge in [-0.1, -0.05) is 12.1 Å². The molecule has 3 heterocycles. The number of aliphatic hydroxyl groups is 1. The Morgan fingerprint density at radius 1 is 1.22 bits per heavy atom. The molecule has 14 heteroatoms. The van der Waals surface area contributed by atoms with Gasteiger partial charge < -0.3 is 15.9 Å². The Bertz CT molecular complexity index is 1520. The highest BCUT2D eigenvalue weighted by Gasteiger charge is 2.38. The van der Waals surface area contributed by atoms with Crippen molar-refractivity contribution in [2.75, 3.05) is 5.73 Å². The predicted octanol–water partition coefficient (Wildman–Crippen LogP) is 3.79. The predicted molar refractivity (Wildman–Crippen MR) is 119 cm³/mol. The number of nitrogen functional groups attached to an aromatic ring is 1. The van der Waals surface area contributed by atoms with E-state index in [1.165, 1.54) is 30.6 Å². The van der Waals surface area contributed by atoms with Gasteiger partial charge in [0.15, 0.2) is 11.5 Å². The van der Waals surface area contributed by atoms with E-state index in [1.54, 1.807) is 23.6 Å². The smallest absolute Gasteiger partial charge is 0.475 e. The quantitative estimate of drug-likeness (QED) is 0.353. The lowest BCUT2D eigenvalue weighted by Crippen LogP contribution is -2.30. The molecule has 1 aromatic carbocycles. The zero-order chi connectivity index (χ0) is 29.5. The van der Waals surface area contributed by atoms with Crippen LogP contribution in [0.4, 0.5) is 27.8 Å². The van der Waals surface area contributed by atoms with Crippen LogP contribution in [0.1, 0.15) is 22.2 Å². The number of anilines is 1. The van der Waals surface area contributed by atoms with E-state index in [1.807, 2.05) is 0 Å². The molecule has 0 spiro atoms. The van der Waals surface area contributed by atoms with Gasteiger partial charge in [0, 0.05) is 29.0 Å². The number of carboxylic acids is 1. The molecule has 0 amide bonds. The van der Waals surface area contributed by atoms with Gasteiger partial charge >= 0.3 is 12.1 Å². The first-order valence-corrected chi connectivity index (χ1v) is 9.96. The average molecular weight is 515 g/mol. The van der Waals surface area contributed by atoms with Crippen LogP contribution < -0.4 is 5.73 Å². The number of benzene rings is 1. The minimum absolute atomic E-state index is 0.0470. The number of carbonyl (C=O) groups is 1. The molecule has 3 aromatic heterocycles. The number of carboxylic acid groups (broad SMARTS) is 1. The molecule has 4 rings (SSSR count). The van der Waals surface area contributed by atoms with E-state index in [-0.39, 0.29) is 22.8 Å². The molecule has 0 saturated heterocycles. The third-order valence-corrected chi connectivity index (χ3v) is 5.19. The van der Waals surface area contributed by atoms with E-state index in [0.717, 1.165) is 17.2 Å². The molecule has 0 saturated carbocycles. The second-order valence-electron chi connectivity index (χ2n) is 7.76. The molecular weight excluding hydrogens is 491 g/mol. The summed E-state index contributed by atoms with van der Waals surface area (Å²) >= 11 is 0. The van der Waals surface area contributed by atoms with Crippen LogP contribution in [0.2, 0.25) is 0 Å². The van der Waals surface area contributed by atoms with Crippen LogP contribution in [0.25, 0.3) is 28.3 Å². The minimum atomic E-state index is -5.08. The van der Waals surface area contributed by atoms with Gasteiger partial charge in [-0.15, -0.1) is 0 Å². The Balaban J connectivity index is 0.000000532. The van der Waals surface area contributed by atoms with Gasteiger partial charge in [-0.25, -0.2) is 23.5 Å². The summed E-state index contributed by atoms with van der Waals surface area (Å²) < 4.78 is 83.9. The summed E-state index contributed by atoms with van der Waals surface area (Å²) in [5.74, 6) is -2.70. The number of alkyl halides is 5. The van der Waals surface area contributed by atoms with Crippen LogP contribution in [0.3, 0.4) is 0 Å². The van der Waals surface area contributed by atoms with Crippen molar-refractivity contribution in [2.45, 2.75) is 32.1 Å². The van der Waals surface area contributed by atoms with Crippen LogP contribution in [-0.2, 0) is 17.4 Å². The summed E-state index contributed by atoms with van der Waals surface area (Å²) in [7, 11) is 0. The van der Waals surface area contributed by atoms with Gasteiger partial charge in [0.05, 0.1) is 17.6 Å². The molecule has 1 unspecified atom stereocenters. The number of aromatic nitrogens is 5. The van der Waals surface area contributed by atoms with Crippen molar-refractivity contribution in [1.29, 1.82) is 0 Å². The summed E-state index contributed by atoms with van der Waals surface area (Å²) in [4.78, 5) is 17.5. The summed E-state index contributed by atoms with van der Waals surface area (Å²) in [5.41, 5.74) is 6.41. The molecule has 0 aliphatic heterocycles. The molecule has 0 radical (unpaired) electrons. The first-order chi connectivity index (χ1) is 17.9. The maximum Gasteiger partial charge on any atom is 0.490 e. The molecule has 4 aromatic rings. The highest BCUT2D eigenvalue weighted by atomic mass is 19.4. The standard InChI is InChI=1S/C20H20F2N6O.C2HF3O2/c1-11-4-5-12(20(2,29)19(21)22)8-13(11)16-9-24-18-17(23)26-14(10-28(16)18)15-6-7-25-27(15)3;3-2(4,5)1(6)7/h4-10,19,29H,1-3H3,(H2,23,26);(H,6,7)/i3D3;. The Labute approximate surface area is 204 Å². The minimum Gasteiger partial charge on any atom is -0.475 e. The van der Waals surface area contributed by atoms with Gasteiger partial charge in [0.25, 0.3) is 6.43 Å². The first kappa shape index (κ1) is 22.4. The van der Waals surface area contributed by atoms with E-state index >= 15 is 0 Å². The van der Waals surface area contributed by atoms with Crippen molar-refractivity contribution in [3.63, 3.8) is 0 Å². The van der Waals surface area contributed by atoms with Gasteiger partial charge in [-0.3, -0.25) is 9.08 Å². The summed E-state index contributed by atoms with van der Waals surface area (Å²) in [6.07, 6.45) is -3.64. The van der Waals surface area contributed by atoms with Crippen molar-refractivity contribution in [2.24, 2.45) is 6.98 Å². The van der Waals surface area contributed by atoms with Gasteiger partial charge in [-0.2, -0.15) is 18.3 Å². The zero-order valence-electron chi connectivity index (χ0n) is 21.6. The highest BCUT2D eigenvalue weighted by Crippen LogP contribution is 2.34. The molecule has 4 N–H and O–H groups in total. The summed E-state index contributed by atoms with van der Waals surface area (Å²) in [6.45, 7) is 0.328. The second kappa shape index (κ2) is 9.53. The van der Waals surface area contributed by atoms with Crippen molar-refractivity contribution >= 4 is 17.4 Å². The lowest BCUT2D eigenvalue weighted by molar-refractivity contribution is -0.192.